The second-order valence-corrected chi connectivity index (χ2v) is 5.21. The number of amides is 1. The van der Waals surface area contributed by atoms with E-state index in [1.54, 1.807) is 6.07 Å². The molecule has 1 fully saturated rings. The van der Waals surface area contributed by atoms with Crippen LogP contribution in [0.3, 0.4) is 0 Å². The minimum Gasteiger partial charge on any atom is -0.475 e. The molecule has 3 rings (SSSR count). The summed E-state index contributed by atoms with van der Waals surface area (Å²) in [4.78, 5) is 22.0. The average Bonchev–Trinajstić information content (AvgIpc) is 2.90. The Labute approximate surface area is 121 Å². The van der Waals surface area contributed by atoms with Crippen LogP contribution in [0.2, 0.25) is 0 Å². The number of carboxylic acid groups (broad SMARTS) is 1. The van der Waals surface area contributed by atoms with Crippen molar-refractivity contribution in [1.29, 1.82) is 0 Å². The summed E-state index contributed by atoms with van der Waals surface area (Å²) in [7, 11) is 0. The molecule has 1 aromatic carbocycles. The molecule has 0 spiro atoms. The maximum atomic E-state index is 11.1. The van der Waals surface area contributed by atoms with Crippen LogP contribution >= 0.6 is 0 Å². The summed E-state index contributed by atoms with van der Waals surface area (Å²) >= 11 is 0. The van der Waals surface area contributed by atoms with Crippen LogP contribution in [0.25, 0.3) is 11.0 Å². The van der Waals surface area contributed by atoms with Crippen molar-refractivity contribution in [3.05, 3.63) is 35.6 Å². The molecule has 0 radical (unpaired) electrons. The quantitative estimate of drug-likeness (QED) is 0.793. The molecule has 1 aliphatic rings. The van der Waals surface area contributed by atoms with E-state index < -0.39 is 5.97 Å². The highest BCUT2D eigenvalue weighted by atomic mass is 16.4. The Morgan fingerprint density at radius 3 is 3.00 bits per heavy atom. The number of benzene rings is 1. The minimum atomic E-state index is -1.07. The number of hydrogen-bond donors (Lipinski definition) is 3. The Bertz CT molecular complexity index is 682. The lowest BCUT2D eigenvalue weighted by Gasteiger charge is -2.23. The van der Waals surface area contributed by atoms with Crippen molar-refractivity contribution in [2.75, 3.05) is 6.54 Å². The zero-order valence-corrected chi connectivity index (χ0v) is 11.4. The fourth-order valence-electron chi connectivity index (χ4n) is 2.48. The van der Waals surface area contributed by atoms with Gasteiger partial charge in [0.2, 0.25) is 11.7 Å². The highest BCUT2D eigenvalue weighted by molar-refractivity contribution is 5.91. The molecule has 1 aliphatic heterocycles. The normalized spacial score (nSPS) is 18.7. The van der Waals surface area contributed by atoms with Crippen molar-refractivity contribution in [3.8, 4) is 0 Å². The lowest BCUT2D eigenvalue weighted by Crippen LogP contribution is -2.45. The average molecular weight is 288 g/mol. The van der Waals surface area contributed by atoms with E-state index in [0.29, 0.717) is 25.1 Å². The van der Waals surface area contributed by atoms with Gasteiger partial charge in [-0.2, -0.15) is 0 Å². The van der Waals surface area contributed by atoms with Gasteiger partial charge in [0.05, 0.1) is 0 Å². The van der Waals surface area contributed by atoms with Crippen molar-refractivity contribution in [2.24, 2.45) is 0 Å². The first-order valence-corrected chi connectivity index (χ1v) is 6.87. The number of furan rings is 1. The van der Waals surface area contributed by atoms with Gasteiger partial charge >= 0.3 is 5.97 Å². The Balaban J connectivity index is 1.67. The van der Waals surface area contributed by atoms with Crippen molar-refractivity contribution in [2.45, 2.75) is 25.4 Å². The van der Waals surface area contributed by atoms with Crippen LogP contribution in [0.4, 0.5) is 0 Å². The van der Waals surface area contributed by atoms with E-state index in [-0.39, 0.29) is 17.7 Å². The molecule has 21 heavy (non-hydrogen) atoms. The second-order valence-electron chi connectivity index (χ2n) is 5.21. The first kappa shape index (κ1) is 13.6. The van der Waals surface area contributed by atoms with E-state index in [1.807, 2.05) is 12.1 Å². The molecule has 2 aromatic rings. The number of nitrogens with one attached hydrogen (secondary N) is 2. The Morgan fingerprint density at radius 2 is 2.29 bits per heavy atom. The molecule has 1 aromatic heterocycles. The summed E-state index contributed by atoms with van der Waals surface area (Å²) in [6, 6.07) is 7.41. The summed E-state index contributed by atoms with van der Waals surface area (Å²) < 4.78 is 5.22. The number of fused-ring (bicyclic) bond motifs is 1. The van der Waals surface area contributed by atoms with E-state index in [1.165, 1.54) is 6.07 Å². The molecule has 0 aliphatic carbocycles. The standard InChI is InChI=1S/C15H16N2O4/c18-14-4-2-11(8-17-14)16-7-9-1-3-12-10(5-9)6-13(21-12)15(19)20/h1,3,5-6,11,16H,2,4,7-8H2,(H,17,18)(H,19,20). The van der Waals surface area contributed by atoms with Crippen LogP contribution < -0.4 is 10.6 Å². The Kier molecular flexibility index (Phi) is 3.62. The summed E-state index contributed by atoms with van der Waals surface area (Å²) in [5.41, 5.74) is 1.62. The minimum absolute atomic E-state index is 0.0508. The van der Waals surface area contributed by atoms with Crippen molar-refractivity contribution in [1.82, 2.24) is 10.6 Å². The summed E-state index contributed by atoms with van der Waals surface area (Å²) in [5, 5.41) is 15.9. The number of aromatic carboxylic acids is 1. The van der Waals surface area contributed by atoms with Gasteiger partial charge in [0.15, 0.2) is 0 Å². The zero-order chi connectivity index (χ0) is 14.8. The SMILES string of the molecule is O=C1CCC(NCc2ccc3oc(C(=O)O)cc3c2)CN1. The predicted molar refractivity (Wildman–Crippen MR) is 76.0 cm³/mol. The summed E-state index contributed by atoms with van der Waals surface area (Å²) in [5.74, 6) is -1.01. The van der Waals surface area contributed by atoms with Crippen LogP contribution in [0.1, 0.15) is 29.0 Å². The van der Waals surface area contributed by atoms with Crippen LogP contribution in [0.15, 0.2) is 28.7 Å². The molecular weight excluding hydrogens is 272 g/mol. The maximum Gasteiger partial charge on any atom is 0.371 e. The molecule has 0 bridgehead atoms. The highest BCUT2D eigenvalue weighted by Gasteiger charge is 2.17. The van der Waals surface area contributed by atoms with E-state index >= 15 is 0 Å². The van der Waals surface area contributed by atoms with E-state index in [0.717, 1.165) is 17.4 Å². The molecule has 1 unspecified atom stereocenters. The molecular formula is C15H16N2O4. The highest BCUT2D eigenvalue weighted by Crippen LogP contribution is 2.21. The molecule has 6 heteroatoms. The van der Waals surface area contributed by atoms with Gasteiger partial charge in [0, 0.05) is 30.9 Å². The molecule has 3 N–H and O–H groups in total. The fourth-order valence-corrected chi connectivity index (χ4v) is 2.48. The molecule has 0 saturated carbocycles. The third kappa shape index (κ3) is 3.05. The van der Waals surface area contributed by atoms with Crippen LogP contribution in [-0.4, -0.2) is 29.6 Å². The molecule has 6 nitrogen and oxygen atoms in total. The summed E-state index contributed by atoms with van der Waals surface area (Å²) in [6.45, 7) is 1.32. The van der Waals surface area contributed by atoms with Crippen LogP contribution in [0.5, 0.6) is 0 Å². The number of carboxylic acids is 1. The first-order valence-electron chi connectivity index (χ1n) is 6.87. The third-order valence-electron chi connectivity index (χ3n) is 3.65. The maximum absolute atomic E-state index is 11.1. The van der Waals surface area contributed by atoms with E-state index in [2.05, 4.69) is 10.6 Å². The monoisotopic (exact) mass is 288 g/mol. The van der Waals surface area contributed by atoms with Gasteiger partial charge in [-0.1, -0.05) is 6.07 Å². The van der Waals surface area contributed by atoms with Gasteiger partial charge in [-0.25, -0.2) is 4.79 Å². The number of carbonyl (C=O) groups excluding carboxylic acids is 1. The third-order valence-corrected chi connectivity index (χ3v) is 3.65. The fraction of sp³-hybridized carbons (Fsp3) is 0.333. The van der Waals surface area contributed by atoms with Crippen LogP contribution in [-0.2, 0) is 11.3 Å². The lowest BCUT2D eigenvalue weighted by molar-refractivity contribution is -0.122. The largest absolute Gasteiger partial charge is 0.475 e. The van der Waals surface area contributed by atoms with Crippen molar-refractivity contribution >= 4 is 22.8 Å². The molecule has 1 amide bonds. The van der Waals surface area contributed by atoms with E-state index in [4.69, 9.17) is 9.52 Å². The van der Waals surface area contributed by atoms with E-state index in [9.17, 15) is 9.59 Å². The predicted octanol–water partition coefficient (Wildman–Crippen LogP) is 1.50. The van der Waals surface area contributed by atoms with Crippen LogP contribution in [0, 0.1) is 0 Å². The van der Waals surface area contributed by atoms with Crippen molar-refractivity contribution in [3.63, 3.8) is 0 Å². The second kappa shape index (κ2) is 5.57. The molecule has 2 heterocycles. The first-order chi connectivity index (χ1) is 10.1. The Hall–Kier alpha value is -2.34. The van der Waals surface area contributed by atoms with Gasteiger partial charge in [0.25, 0.3) is 0 Å². The number of rotatable bonds is 4. The van der Waals surface area contributed by atoms with Gasteiger partial charge in [-0.3, -0.25) is 4.79 Å². The molecule has 1 atom stereocenters. The van der Waals surface area contributed by atoms with Gasteiger partial charge in [-0.05, 0) is 30.2 Å². The smallest absolute Gasteiger partial charge is 0.371 e. The summed E-state index contributed by atoms with van der Waals surface area (Å²) in [6.07, 6.45) is 1.39. The lowest BCUT2D eigenvalue weighted by atomic mass is 10.1. The number of hydrogen-bond acceptors (Lipinski definition) is 4. The number of piperidine rings is 1. The van der Waals surface area contributed by atoms with Gasteiger partial charge in [-0.15, -0.1) is 0 Å². The van der Waals surface area contributed by atoms with Crippen molar-refractivity contribution < 1.29 is 19.1 Å². The topological polar surface area (TPSA) is 91.6 Å². The van der Waals surface area contributed by atoms with Gasteiger partial charge in [0.1, 0.15) is 5.58 Å². The Morgan fingerprint density at radius 1 is 1.43 bits per heavy atom. The molecule has 1 saturated heterocycles. The van der Waals surface area contributed by atoms with Gasteiger partial charge < -0.3 is 20.2 Å². The number of carbonyl (C=O) groups is 2. The zero-order valence-electron chi connectivity index (χ0n) is 11.4. The molecule has 110 valence electrons.